The molecule has 0 spiro atoms. The highest BCUT2D eigenvalue weighted by atomic mass is 32.1. The van der Waals surface area contributed by atoms with Crippen LogP contribution in [0.3, 0.4) is 0 Å². The number of nitrogens with zero attached hydrogens (tertiary/aromatic N) is 1. The lowest BCUT2D eigenvalue weighted by Gasteiger charge is -2.27. The summed E-state index contributed by atoms with van der Waals surface area (Å²) in [6, 6.07) is 1.98. The summed E-state index contributed by atoms with van der Waals surface area (Å²) in [7, 11) is 1.67. The number of thiocarbonyl (C=S) groups is 1. The molecule has 0 unspecified atom stereocenters. The third-order valence-corrected chi connectivity index (χ3v) is 2.76. The first kappa shape index (κ1) is 14.9. The molecule has 0 aliphatic heterocycles. The smallest absolute Gasteiger partial charge is 0.137 e. The molecule has 3 N–H and O–H groups in total. The summed E-state index contributed by atoms with van der Waals surface area (Å²) >= 11 is 5.10. The van der Waals surface area contributed by atoms with Gasteiger partial charge in [0.1, 0.15) is 10.8 Å². The highest BCUT2D eigenvalue weighted by Crippen LogP contribution is 2.22. The van der Waals surface area contributed by atoms with Gasteiger partial charge in [0.2, 0.25) is 0 Å². The molecule has 5 heteroatoms. The number of hydrogen-bond donors (Lipinski definition) is 2. The zero-order valence-corrected chi connectivity index (χ0v) is 12.4. The Labute approximate surface area is 114 Å². The fraction of sp³-hybridized carbons (Fsp3) is 0.538. The molecule has 0 fully saturated rings. The van der Waals surface area contributed by atoms with Crippen LogP contribution in [0, 0.1) is 13.8 Å². The van der Waals surface area contributed by atoms with E-state index in [1.54, 1.807) is 7.11 Å². The number of aromatic nitrogens is 1. The number of pyridine rings is 1. The van der Waals surface area contributed by atoms with Gasteiger partial charge in [0, 0.05) is 12.8 Å². The van der Waals surface area contributed by atoms with Crippen molar-refractivity contribution in [2.45, 2.75) is 33.2 Å². The molecule has 0 bridgehead atoms. The summed E-state index contributed by atoms with van der Waals surface area (Å²) in [5.74, 6) is 0.724. The summed E-state index contributed by atoms with van der Waals surface area (Å²) in [5.41, 5.74) is 8.32. The van der Waals surface area contributed by atoms with Gasteiger partial charge in [-0.15, -0.1) is 0 Å². The topological polar surface area (TPSA) is 60.2 Å². The second-order valence-corrected chi connectivity index (χ2v) is 5.55. The van der Waals surface area contributed by atoms with Crippen molar-refractivity contribution in [1.29, 1.82) is 0 Å². The lowest BCUT2D eigenvalue weighted by Crippen LogP contribution is -2.37. The maximum absolute atomic E-state index is 5.78. The minimum Gasteiger partial charge on any atom is -0.389 e. The van der Waals surface area contributed by atoms with Crippen LogP contribution in [0.4, 0.5) is 5.82 Å². The third kappa shape index (κ3) is 3.65. The van der Waals surface area contributed by atoms with Gasteiger partial charge in [-0.3, -0.25) is 0 Å². The van der Waals surface area contributed by atoms with Gasteiger partial charge in [-0.2, -0.15) is 0 Å². The highest BCUT2D eigenvalue weighted by Gasteiger charge is 2.21. The molecule has 0 radical (unpaired) electrons. The van der Waals surface area contributed by atoms with Crippen LogP contribution in [0.2, 0.25) is 0 Å². The molecule has 1 rings (SSSR count). The van der Waals surface area contributed by atoms with E-state index >= 15 is 0 Å². The van der Waals surface area contributed by atoms with Crippen LogP contribution in [0.5, 0.6) is 0 Å². The molecule has 0 aliphatic carbocycles. The van der Waals surface area contributed by atoms with Gasteiger partial charge in [-0.25, -0.2) is 4.98 Å². The van der Waals surface area contributed by atoms with Crippen LogP contribution >= 0.6 is 12.2 Å². The van der Waals surface area contributed by atoms with Gasteiger partial charge in [0.15, 0.2) is 0 Å². The number of hydrogen-bond acceptors (Lipinski definition) is 4. The second-order valence-electron chi connectivity index (χ2n) is 5.11. The third-order valence-electron chi connectivity index (χ3n) is 2.55. The van der Waals surface area contributed by atoms with Crippen molar-refractivity contribution >= 4 is 23.0 Å². The molecule has 0 saturated heterocycles. The molecule has 0 amide bonds. The minimum atomic E-state index is -0.235. The van der Waals surface area contributed by atoms with Crippen molar-refractivity contribution in [3.8, 4) is 0 Å². The number of nitrogens with one attached hydrogen (secondary N) is 1. The minimum absolute atomic E-state index is 0.235. The van der Waals surface area contributed by atoms with Crippen LogP contribution in [0.15, 0.2) is 6.07 Å². The number of nitrogens with two attached hydrogens (primary N) is 1. The Kier molecular flexibility index (Phi) is 4.65. The van der Waals surface area contributed by atoms with E-state index in [9.17, 15) is 0 Å². The highest BCUT2D eigenvalue weighted by molar-refractivity contribution is 7.80. The van der Waals surface area contributed by atoms with Gasteiger partial charge in [0.25, 0.3) is 0 Å². The summed E-state index contributed by atoms with van der Waals surface area (Å²) in [5, 5.41) is 3.35. The van der Waals surface area contributed by atoms with Crippen molar-refractivity contribution in [2.24, 2.45) is 5.73 Å². The molecule has 1 aromatic heterocycles. The van der Waals surface area contributed by atoms with E-state index in [1.165, 1.54) is 0 Å². The number of methoxy groups -OCH3 is 1. The monoisotopic (exact) mass is 267 g/mol. The van der Waals surface area contributed by atoms with Gasteiger partial charge in [-0.1, -0.05) is 12.2 Å². The standard InChI is InChI=1S/C13H21N3OS/c1-8-6-9(2)15-12(10(8)11(14)18)16-13(3,4)7-17-5/h6H,7H2,1-5H3,(H2,14,18)(H,15,16). The normalized spacial score (nSPS) is 11.4. The van der Waals surface area contributed by atoms with Gasteiger partial charge in [0.05, 0.1) is 17.7 Å². The molecule has 0 atom stereocenters. The summed E-state index contributed by atoms with van der Waals surface area (Å²) in [6.45, 7) is 8.58. The predicted octanol–water partition coefficient (Wildman–Crippen LogP) is 2.17. The van der Waals surface area contributed by atoms with Crippen molar-refractivity contribution in [3.63, 3.8) is 0 Å². The average molecular weight is 267 g/mol. The Morgan fingerprint density at radius 1 is 1.50 bits per heavy atom. The average Bonchev–Trinajstić information content (AvgIpc) is 2.13. The second kappa shape index (κ2) is 5.63. The Hall–Kier alpha value is -1.20. The molecule has 4 nitrogen and oxygen atoms in total. The fourth-order valence-corrected chi connectivity index (χ4v) is 2.21. The summed E-state index contributed by atoms with van der Waals surface area (Å²) < 4.78 is 5.19. The Morgan fingerprint density at radius 2 is 2.11 bits per heavy atom. The summed E-state index contributed by atoms with van der Waals surface area (Å²) in [4.78, 5) is 4.85. The lowest BCUT2D eigenvalue weighted by atomic mass is 10.0. The van der Waals surface area contributed by atoms with Crippen molar-refractivity contribution < 1.29 is 4.74 Å². The zero-order chi connectivity index (χ0) is 13.9. The van der Waals surface area contributed by atoms with Crippen molar-refractivity contribution in [3.05, 3.63) is 22.9 Å². The number of ether oxygens (including phenoxy) is 1. The Morgan fingerprint density at radius 3 is 2.61 bits per heavy atom. The molecule has 0 aliphatic rings. The van der Waals surface area contributed by atoms with Crippen LogP contribution in [-0.2, 0) is 4.74 Å². The van der Waals surface area contributed by atoms with Crippen LogP contribution in [0.25, 0.3) is 0 Å². The molecule has 0 saturated carbocycles. The van der Waals surface area contributed by atoms with Gasteiger partial charge >= 0.3 is 0 Å². The quantitative estimate of drug-likeness (QED) is 0.801. The van der Waals surface area contributed by atoms with Gasteiger partial charge in [-0.05, 0) is 39.3 Å². The zero-order valence-electron chi connectivity index (χ0n) is 11.6. The predicted molar refractivity (Wildman–Crippen MR) is 79.2 cm³/mol. The first-order valence-electron chi connectivity index (χ1n) is 5.82. The van der Waals surface area contributed by atoms with E-state index in [1.807, 2.05) is 33.8 Å². The Bertz CT molecular complexity index is 458. The molecule has 1 aromatic rings. The van der Waals surface area contributed by atoms with Crippen LogP contribution in [0.1, 0.15) is 30.7 Å². The van der Waals surface area contributed by atoms with E-state index in [0.29, 0.717) is 11.6 Å². The maximum Gasteiger partial charge on any atom is 0.137 e. The van der Waals surface area contributed by atoms with E-state index in [2.05, 4.69) is 10.3 Å². The molecule has 100 valence electrons. The van der Waals surface area contributed by atoms with Gasteiger partial charge < -0.3 is 15.8 Å². The van der Waals surface area contributed by atoms with E-state index < -0.39 is 0 Å². The lowest BCUT2D eigenvalue weighted by molar-refractivity contribution is 0.158. The number of anilines is 1. The molecular weight excluding hydrogens is 246 g/mol. The largest absolute Gasteiger partial charge is 0.389 e. The molecule has 1 heterocycles. The Balaban J connectivity index is 3.19. The molecular formula is C13H21N3OS. The SMILES string of the molecule is COCC(C)(C)Nc1nc(C)cc(C)c1C(N)=S. The number of aryl methyl sites for hydroxylation is 2. The maximum atomic E-state index is 5.78. The fourth-order valence-electron chi connectivity index (χ4n) is 1.96. The number of rotatable bonds is 5. The first-order chi connectivity index (χ1) is 8.26. The first-order valence-corrected chi connectivity index (χ1v) is 6.23. The van der Waals surface area contributed by atoms with E-state index in [-0.39, 0.29) is 5.54 Å². The van der Waals surface area contributed by atoms with E-state index in [4.69, 9.17) is 22.7 Å². The molecule has 18 heavy (non-hydrogen) atoms. The van der Waals surface area contributed by atoms with E-state index in [0.717, 1.165) is 22.6 Å². The van der Waals surface area contributed by atoms with Crippen LogP contribution < -0.4 is 11.1 Å². The van der Waals surface area contributed by atoms with Crippen LogP contribution in [-0.4, -0.2) is 29.2 Å². The molecule has 0 aromatic carbocycles. The van der Waals surface area contributed by atoms with Crippen molar-refractivity contribution in [2.75, 3.05) is 19.0 Å². The van der Waals surface area contributed by atoms with Crippen molar-refractivity contribution in [1.82, 2.24) is 4.98 Å². The summed E-state index contributed by atoms with van der Waals surface area (Å²) in [6.07, 6.45) is 0.